The number of carbonyl (C=O) groups excluding carboxylic acids is 1. The van der Waals surface area contributed by atoms with Crippen molar-refractivity contribution in [1.29, 1.82) is 0 Å². The molecule has 3 aromatic rings. The predicted octanol–water partition coefficient (Wildman–Crippen LogP) is 4.38. The first-order valence-corrected chi connectivity index (χ1v) is 10.7. The highest BCUT2D eigenvalue weighted by atomic mass is 32.2. The van der Waals surface area contributed by atoms with E-state index in [1.165, 1.54) is 12.1 Å². The van der Waals surface area contributed by atoms with E-state index in [1.807, 2.05) is 50.2 Å². The van der Waals surface area contributed by atoms with Crippen molar-refractivity contribution in [1.82, 2.24) is 4.90 Å². The van der Waals surface area contributed by atoms with E-state index in [9.17, 15) is 13.2 Å². The predicted molar refractivity (Wildman–Crippen MR) is 115 cm³/mol. The molecular formula is C23H24N2O3S. The Morgan fingerprint density at radius 1 is 0.931 bits per heavy atom. The monoisotopic (exact) mass is 408 g/mol. The Kier molecular flexibility index (Phi) is 6.03. The number of sulfonamides is 1. The second-order valence-electron chi connectivity index (χ2n) is 7.10. The van der Waals surface area contributed by atoms with Gasteiger partial charge in [-0.2, -0.15) is 0 Å². The van der Waals surface area contributed by atoms with Crippen molar-refractivity contribution in [3.05, 3.63) is 95.1 Å². The summed E-state index contributed by atoms with van der Waals surface area (Å²) in [6.45, 7) is 4.28. The molecule has 0 aromatic heterocycles. The number of hydrogen-bond acceptors (Lipinski definition) is 3. The van der Waals surface area contributed by atoms with Crippen LogP contribution in [-0.2, 0) is 16.6 Å². The Morgan fingerprint density at radius 2 is 1.62 bits per heavy atom. The van der Waals surface area contributed by atoms with E-state index in [-0.39, 0.29) is 10.8 Å². The van der Waals surface area contributed by atoms with Gasteiger partial charge in [-0.1, -0.05) is 54.1 Å². The normalized spacial score (nSPS) is 11.1. The topological polar surface area (TPSA) is 66.5 Å². The summed E-state index contributed by atoms with van der Waals surface area (Å²) in [5.41, 5.74) is 3.83. The van der Waals surface area contributed by atoms with Crippen LogP contribution in [0.3, 0.4) is 0 Å². The number of benzene rings is 3. The third-order valence-electron chi connectivity index (χ3n) is 4.67. The largest absolute Gasteiger partial charge is 0.337 e. The highest BCUT2D eigenvalue weighted by Gasteiger charge is 2.19. The molecule has 0 spiro atoms. The molecule has 0 aliphatic carbocycles. The van der Waals surface area contributed by atoms with Gasteiger partial charge in [0.05, 0.1) is 10.6 Å². The smallest absolute Gasteiger partial charge is 0.261 e. The van der Waals surface area contributed by atoms with E-state index in [1.54, 1.807) is 36.2 Å². The van der Waals surface area contributed by atoms with Crippen molar-refractivity contribution in [2.75, 3.05) is 11.8 Å². The van der Waals surface area contributed by atoms with Crippen LogP contribution in [0.1, 0.15) is 27.0 Å². The van der Waals surface area contributed by atoms with Crippen molar-refractivity contribution in [2.24, 2.45) is 0 Å². The average molecular weight is 409 g/mol. The molecule has 3 aromatic carbocycles. The number of carbonyl (C=O) groups is 1. The van der Waals surface area contributed by atoms with Crippen LogP contribution < -0.4 is 4.72 Å². The van der Waals surface area contributed by atoms with Crippen LogP contribution in [0.5, 0.6) is 0 Å². The van der Waals surface area contributed by atoms with Gasteiger partial charge in [0.1, 0.15) is 0 Å². The van der Waals surface area contributed by atoms with Gasteiger partial charge in [0.2, 0.25) is 0 Å². The number of hydrogen-bond donors (Lipinski definition) is 1. The summed E-state index contributed by atoms with van der Waals surface area (Å²) < 4.78 is 28.2. The van der Waals surface area contributed by atoms with Gasteiger partial charge in [0.15, 0.2) is 0 Å². The molecule has 1 amide bonds. The second-order valence-corrected chi connectivity index (χ2v) is 8.78. The molecule has 0 radical (unpaired) electrons. The minimum Gasteiger partial charge on any atom is -0.337 e. The standard InChI is InChI=1S/C23H24N2O3S/c1-17-11-13-19(14-12-17)16-25(3)23(26)20-8-6-9-21(15-20)29(27,28)24-22-10-5-4-7-18(22)2/h4-15,24H,16H2,1-3H3. The molecule has 150 valence electrons. The number of aryl methyl sites for hydroxylation is 2. The summed E-state index contributed by atoms with van der Waals surface area (Å²) in [5.74, 6) is -0.237. The second kappa shape index (κ2) is 8.49. The van der Waals surface area contributed by atoms with Gasteiger partial charge >= 0.3 is 0 Å². The van der Waals surface area contributed by atoms with Crippen LogP contribution in [0.4, 0.5) is 5.69 Å². The number of para-hydroxylation sites is 1. The molecule has 0 bridgehead atoms. The van der Waals surface area contributed by atoms with Crippen molar-refractivity contribution >= 4 is 21.6 Å². The zero-order valence-electron chi connectivity index (χ0n) is 16.7. The Balaban J connectivity index is 1.80. The molecule has 29 heavy (non-hydrogen) atoms. The van der Waals surface area contributed by atoms with Crippen molar-refractivity contribution < 1.29 is 13.2 Å². The fourth-order valence-electron chi connectivity index (χ4n) is 2.95. The SMILES string of the molecule is Cc1ccc(CN(C)C(=O)c2cccc(S(=O)(=O)Nc3ccccc3C)c2)cc1. The van der Waals surface area contributed by atoms with Gasteiger partial charge in [-0.3, -0.25) is 9.52 Å². The summed E-state index contributed by atoms with van der Waals surface area (Å²) in [6, 6.07) is 21.2. The molecule has 0 fully saturated rings. The van der Waals surface area contributed by atoms with E-state index < -0.39 is 10.0 Å². The van der Waals surface area contributed by atoms with E-state index >= 15 is 0 Å². The fraction of sp³-hybridized carbons (Fsp3) is 0.174. The Bertz CT molecular complexity index is 1120. The molecule has 0 saturated heterocycles. The van der Waals surface area contributed by atoms with Gasteiger partial charge in [0.25, 0.3) is 15.9 Å². The van der Waals surface area contributed by atoms with E-state index in [2.05, 4.69) is 4.72 Å². The molecule has 0 aliphatic rings. The van der Waals surface area contributed by atoms with Crippen LogP contribution in [0, 0.1) is 13.8 Å². The first kappa shape index (κ1) is 20.6. The van der Waals surface area contributed by atoms with Crippen molar-refractivity contribution in [2.45, 2.75) is 25.3 Å². The van der Waals surface area contributed by atoms with Gasteiger partial charge in [0, 0.05) is 19.2 Å². The molecule has 0 saturated carbocycles. The zero-order chi connectivity index (χ0) is 21.0. The highest BCUT2D eigenvalue weighted by molar-refractivity contribution is 7.92. The minimum absolute atomic E-state index is 0.0512. The first-order valence-electron chi connectivity index (χ1n) is 9.26. The van der Waals surface area contributed by atoms with Crippen LogP contribution in [0.2, 0.25) is 0 Å². The molecule has 0 unspecified atom stereocenters. The molecule has 0 aliphatic heterocycles. The van der Waals surface area contributed by atoms with Gasteiger partial charge in [-0.25, -0.2) is 8.42 Å². The maximum absolute atomic E-state index is 12.8. The lowest BCUT2D eigenvalue weighted by molar-refractivity contribution is 0.0785. The third-order valence-corrected chi connectivity index (χ3v) is 6.03. The molecule has 0 atom stereocenters. The number of amides is 1. The quantitative estimate of drug-likeness (QED) is 0.658. The van der Waals surface area contributed by atoms with Crippen LogP contribution in [-0.4, -0.2) is 26.3 Å². The number of rotatable bonds is 6. The fourth-order valence-corrected chi connectivity index (χ4v) is 4.12. The maximum atomic E-state index is 12.8. The molecule has 3 rings (SSSR count). The van der Waals surface area contributed by atoms with Crippen LogP contribution in [0.15, 0.2) is 77.7 Å². The summed E-state index contributed by atoms with van der Waals surface area (Å²) >= 11 is 0. The summed E-state index contributed by atoms with van der Waals surface area (Å²) in [4.78, 5) is 14.4. The summed E-state index contributed by atoms with van der Waals surface area (Å²) in [7, 11) is -2.10. The van der Waals surface area contributed by atoms with Crippen LogP contribution in [0.25, 0.3) is 0 Å². The Labute approximate surface area is 172 Å². The first-order chi connectivity index (χ1) is 13.8. The molecule has 1 N–H and O–H groups in total. The van der Waals surface area contributed by atoms with Gasteiger partial charge in [-0.15, -0.1) is 0 Å². The van der Waals surface area contributed by atoms with E-state index in [0.717, 1.165) is 16.7 Å². The van der Waals surface area contributed by atoms with E-state index in [0.29, 0.717) is 17.8 Å². The van der Waals surface area contributed by atoms with Crippen LogP contribution >= 0.6 is 0 Å². The zero-order valence-corrected chi connectivity index (χ0v) is 17.5. The minimum atomic E-state index is -3.80. The third kappa shape index (κ3) is 5.03. The Hall–Kier alpha value is -3.12. The van der Waals surface area contributed by atoms with Crippen molar-refractivity contribution in [3.63, 3.8) is 0 Å². The van der Waals surface area contributed by atoms with Gasteiger partial charge < -0.3 is 4.90 Å². The number of anilines is 1. The molecule has 5 nitrogen and oxygen atoms in total. The van der Waals surface area contributed by atoms with Gasteiger partial charge in [-0.05, 0) is 49.2 Å². The lowest BCUT2D eigenvalue weighted by atomic mass is 10.1. The number of nitrogens with zero attached hydrogens (tertiary/aromatic N) is 1. The van der Waals surface area contributed by atoms with Crippen molar-refractivity contribution in [3.8, 4) is 0 Å². The number of nitrogens with one attached hydrogen (secondary N) is 1. The summed E-state index contributed by atoms with van der Waals surface area (Å²) in [5, 5.41) is 0. The maximum Gasteiger partial charge on any atom is 0.261 e. The Morgan fingerprint density at radius 3 is 2.31 bits per heavy atom. The average Bonchev–Trinajstić information content (AvgIpc) is 2.71. The highest BCUT2D eigenvalue weighted by Crippen LogP contribution is 2.20. The van der Waals surface area contributed by atoms with E-state index in [4.69, 9.17) is 0 Å². The summed E-state index contributed by atoms with van der Waals surface area (Å²) in [6.07, 6.45) is 0. The molecule has 0 heterocycles. The lowest BCUT2D eigenvalue weighted by Gasteiger charge is -2.18. The molecule has 6 heteroatoms. The lowest BCUT2D eigenvalue weighted by Crippen LogP contribution is -2.26. The molecular weight excluding hydrogens is 384 g/mol.